The summed E-state index contributed by atoms with van der Waals surface area (Å²) in [7, 11) is 4.21. The fourth-order valence-electron chi connectivity index (χ4n) is 2.49. The second kappa shape index (κ2) is 8.38. The molecule has 0 aromatic rings. The summed E-state index contributed by atoms with van der Waals surface area (Å²) >= 11 is 8.69. The molecule has 0 aromatic carbocycles. The van der Waals surface area contributed by atoms with Gasteiger partial charge in [0.05, 0.1) is 0 Å². The van der Waals surface area contributed by atoms with Crippen LogP contribution in [-0.2, 0) is 9.47 Å². The largest absolute Gasteiger partial charge is 0.426 e. The Hall–Kier alpha value is -0.0300. The molecular formula is C15H24Cl2F7NO2. The lowest BCUT2D eigenvalue weighted by molar-refractivity contribution is -0.430. The van der Waals surface area contributed by atoms with E-state index in [1.807, 2.05) is 0 Å². The predicted molar refractivity (Wildman–Crippen MR) is 88.5 cm³/mol. The van der Waals surface area contributed by atoms with Gasteiger partial charge in [0.1, 0.15) is 5.60 Å². The fourth-order valence-corrected chi connectivity index (χ4v) is 2.63. The molecule has 0 spiro atoms. The van der Waals surface area contributed by atoms with Crippen LogP contribution in [-0.4, -0.2) is 61.0 Å². The molecule has 0 saturated carbocycles. The van der Waals surface area contributed by atoms with Crippen molar-refractivity contribution in [2.75, 3.05) is 27.7 Å². The van der Waals surface area contributed by atoms with Gasteiger partial charge in [-0.2, -0.15) is 30.7 Å². The highest BCUT2D eigenvalue weighted by molar-refractivity contribution is 6.31. The van der Waals surface area contributed by atoms with E-state index in [-0.39, 0.29) is 6.42 Å². The van der Waals surface area contributed by atoms with Crippen molar-refractivity contribution in [1.29, 1.82) is 0 Å². The number of alkyl halides is 9. The third kappa shape index (κ3) is 6.48. The Morgan fingerprint density at radius 2 is 1.30 bits per heavy atom. The number of nitrogens with zero attached hydrogens (tertiary/aromatic N) is 1. The molecule has 0 rings (SSSR count). The summed E-state index contributed by atoms with van der Waals surface area (Å²) in [6.07, 6.45) is -6.37. The lowest BCUT2D eigenvalue weighted by Gasteiger charge is -2.42. The predicted octanol–water partition coefficient (Wildman–Crippen LogP) is 5.70. The summed E-state index contributed by atoms with van der Waals surface area (Å²) in [6.45, 7) is 4.52. The molecule has 2 atom stereocenters. The smallest absolute Gasteiger partial charge is 0.372 e. The minimum atomic E-state index is -5.75. The summed E-state index contributed by atoms with van der Waals surface area (Å²) in [5, 5.41) is -10.3. The molecular weight excluding hydrogens is 430 g/mol. The lowest BCUT2D eigenvalue weighted by Crippen LogP contribution is -2.62. The standard InChI is InChI=1S/C15H24Cl2F7NO2/c1-10(2,9-25(4)5)7-8-11(3,26-6)12(18,19)15(23,24)27-14(17,22)13(16,20)21/h7-9H2,1-6H3. The minimum absolute atomic E-state index is 0.00546. The molecule has 0 fully saturated rings. The molecule has 12 heteroatoms. The Labute approximate surface area is 164 Å². The van der Waals surface area contributed by atoms with E-state index < -0.39 is 40.2 Å². The molecule has 2 unspecified atom stereocenters. The van der Waals surface area contributed by atoms with Crippen LogP contribution in [0.1, 0.15) is 33.6 Å². The van der Waals surface area contributed by atoms with E-state index in [0.29, 0.717) is 13.5 Å². The first-order valence-electron chi connectivity index (χ1n) is 7.74. The zero-order chi connectivity index (χ0) is 22.1. The van der Waals surface area contributed by atoms with E-state index in [4.69, 9.17) is 0 Å². The summed E-state index contributed by atoms with van der Waals surface area (Å²) in [5.41, 5.74) is -3.45. The molecule has 27 heavy (non-hydrogen) atoms. The fraction of sp³-hybridized carbons (Fsp3) is 1.00. The van der Waals surface area contributed by atoms with Gasteiger partial charge in [-0.25, -0.2) is 0 Å². The quantitative estimate of drug-likeness (QED) is 0.296. The van der Waals surface area contributed by atoms with Gasteiger partial charge in [0.15, 0.2) is 0 Å². The number of ether oxygens (including phenoxy) is 2. The molecule has 0 bridgehead atoms. The highest BCUT2D eigenvalue weighted by Crippen LogP contribution is 2.52. The normalized spacial score (nSPS) is 19.1. The van der Waals surface area contributed by atoms with Crippen LogP contribution in [0.25, 0.3) is 0 Å². The van der Waals surface area contributed by atoms with Gasteiger partial charge in [0.25, 0.3) is 0 Å². The van der Waals surface area contributed by atoms with Gasteiger partial charge in [-0.15, -0.1) is 0 Å². The maximum absolute atomic E-state index is 14.5. The van der Waals surface area contributed by atoms with Gasteiger partial charge in [0, 0.05) is 13.7 Å². The second-order valence-electron chi connectivity index (χ2n) is 7.54. The molecule has 0 aliphatic heterocycles. The Morgan fingerprint density at radius 1 is 0.852 bits per heavy atom. The van der Waals surface area contributed by atoms with Gasteiger partial charge in [-0.05, 0) is 62.5 Å². The van der Waals surface area contributed by atoms with E-state index in [9.17, 15) is 30.7 Å². The maximum atomic E-state index is 14.5. The molecule has 0 heterocycles. The average Bonchev–Trinajstić information content (AvgIpc) is 2.40. The van der Waals surface area contributed by atoms with Crippen molar-refractivity contribution >= 4 is 23.2 Å². The van der Waals surface area contributed by atoms with E-state index >= 15 is 0 Å². The number of halogens is 9. The Kier molecular flexibility index (Phi) is 8.37. The third-order valence-corrected chi connectivity index (χ3v) is 4.74. The molecule has 0 radical (unpaired) electrons. The summed E-state index contributed by atoms with van der Waals surface area (Å²) < 4.78 is 103. The summed E-state index contributed by atoms with van der Waals surface area (Å²) in [5.74, 6) is -5.22. The van der Waals surface area contributed by atoms with Crippen molar-refractivity contribution in [2.24, 2.45) is 5.41 Å². The maximum Gasteiger partial charge on any atom is 0.426 e. The van der Waals surface area contributed by atoms with Gasteiger partial charge in [-0.3, -0.25) is 4.74 Å². The molecule has 0 amide bonds. The van der Waals surface area contributed by atoms with Gasteiger partial charge in [-0.1, -0.05) is 13.8 Å². The molecule has 0 aliphatic carbocycles. The highest BCUT2D eigenvalue weighted by Gasteiger charge is 2.73. The number of hydrogen-bond acceptors (Lipinski definition) is 3. The van der Waals surface area contributed by atoms with Crippen molar-refractivity contribution in [3.8, 4) is 0 Å². The molecule has 0 aliphatic rings. The first kappa shape index (κ1) is 27.0. The average molecular weight is 454 g/mol. The van der Waals surface area contributed by atoms with E-state index in [0.717, 1.165) is 7.11 Å². The van der Waals surface area contributed by atoms with Crippen molar-refractivity contribution in [3.63, 3.8) is 0 Å². The SMILES string of the molecule is COC(C)(CCC(C)(C)CN(C)C)C(F)(F)C(F)(F)OC(F)(Cl)C(F)(F)Cl. The van der Waals surface area contributed by atoms with Crippen LogP contribution >= 0.6 is 23.2 Å². The first-order valence-corrected chi connectivity index (χ1v) is 8.50. The Bertz CT molecular complexity index is 499. The molecule has 3 nitrogen and oxygen atoms in total. The molecule has 0 aromatic heterocycles. The Balaban J connectivity index is 5.63. The lowest BCUT2D eigenvalue weighted by atomic mass is 9.80. The van der Waals surface area contributed by atoms with Crippen molar-refractivity contribution in [2.45, 2.75) is 61.9 Å². The topological polar surface area (TPSA) is 21.7 Å². The summed E-state index contributed by atoms with van der Waals surface area (Å²) in [6, 6.07) is 0. The van der Waals surface area contributed by atoms with Crippen LogP contribution in [0.2, 0.25) is 0 Å². The zero-order valence-electron chi connectivity index (χ0n) is 15.8. The third-order valence-electron chi connectivity index (χ3n) is 4.09. The van der Waals surface area contributed by atoms with E-state index in [1.165, 1.54) is 0 Å². The van der Waals surface area contributed by atoms with Crippen LogP contribution < -0.4 is 0 Å². The van der Waals surface area contributed by atoms with E-state index in [1.54, 1.807) is 32.8 Å². The van der Waals surface area contributed by atoms with Crippen molar-refractivity contribution in [1.82, 2.24) is 4.90 Å². The van der Waals surface area contributed by atoms with Gasteiger partial charge < -0.3 is 9.64 Å². The van der Waals surface area contributed by atoms with Crippen LogP contribution in [0.15, 0.2) is 0 Å². The van der Waals surface area contributed by atoms with Crippen molar-refractivity contribution < 1.29 is 40.2 Å². The van der Waals surface area contributed by atoms with Crippen LogP contribution in [0.5, 0.6) is 0 Å². The van der Waals surface area contributed by atoms with Gasteiger partial charge in [0.2, 0.25) is 0 Å². The minimum Gasteiger partial charge on any atom is -0.372 e. The van der Waals surface area contributed by atoms with Crippen LogP contribution in [0.3, 0.4) is 0 Å². The van der Waals surface area contributed by atoms with Gasteiger partial charge >= 0.3 is 22.7 Å². The number of hydrogen-bond donors (Lipinski definition) is 0. The number of methoxy groups -OCH3 is 1. The highest BCUT2D eigenvalue weighted by atomic mass is 35.5. The van der Waals surface area contributed by atoms with Crippen molar-refractivity contribution in [3.05, 3.63) is 0 Å². The van der Waals surface area contributed by atoms with Crippen LogP contribution in [0, 0.1) is 5.41 Å². The molecule has 164 valence electrons. The second-order valence-corrected chi connectivity index (χ2v) is 8.51. The zero-order valence-corrected chi connectivity index (χ0v) is 17.3. The molecule has 0 N–H and O–H groups in total. The van der Waals surface area contributed by atoms with E-state index in [2.05, 4.69) is 32.7 Å². The van der Waals surface area contributed by atoms with Crippen LogP contribution in [0.4, 0.5) is 30.7 Å². The number of rotatable bonds is 11. The molecule has 0 saturated heterocycles. The first-order chi connectivity index (χ1) is 11.6. The Morgan fingerprint density at radius 3 is 1.63 bits per heavy atom. The monoisotopic (exact) mass is 453 g/mol. The summed E-state index contributed by atoms with van der Waals surface area (Å²) in [4.78, 5) is 1.77.